The topological polar surface area (TPSA) is 91.2 Å². The normalized spacial score (nSPS) is 15.3. The molecule has 1 saturated heterocycles. The zero-order valence-electron chi connectivity index (χ0n) is 14.8. The molecule has 1 aliphatic rings. The van der Waals surface area contributed by atoms with Crippen molar-refractivity contribution in [1.29, 1.82) is 0 Å². The number of benzene rings is 1. The standard InChI is InChI=1S/C19H19BrN4O3/c1-11-10-15(23-27-11)18(25)21-12-6-8-24(9-7-12)19(26)17-16(20)13-4-2-3-5-14(13)22-17/h2-5,10,12,22H,6-9H2,1H3,(H,21,25). The van der Waals surface area contributed by atoms with Gasteiger partial charge in [0.1, 0.15) is 11.5 Å². The summed E-state index contributed by atoms with van der Waals surface area (Å²) in [7, 11) is 0. The molecule has 2 amide bonds. The van der Waals surface area contributed by atoms with E-state index in [4.69, 9.17) is 4.52 Å². The molecule has 140 valence electrons. The van der Waals surface area contributed by atoms with Crippen molar-refractivity contribution in [1.82, 2.24) is 20.4 Å². The van der Waals surface area contributed by atoms with Crippen LogP contribution >= 0.6 is 15.9 Å². The lowest BCUT2D eigenvalue weighted by atomic mass is 10.0. The smallest absolute Gasteiger partial charge is 0.273 e. The number of fused-ring (bicyclic) bond motifs is 1. The highest BCUT2D eigenvalue weighted by atomic mass is 79.9. The van der Waals surface area contributed by atoms with Gasteiger partial charge in [-0.15, -0.1) is 0 Å². The predicted octanol–water partition coefficient (Wildman–Crippen LogP) is 3.26. The number of H-pyrrole nitrogens is 1. The summed E-state index contributed by atoms with van der Waals surface area (Å²) in [4.78, 5) is 30.1. The molecular formula is C19H19BrN4O3. The third-order valence-corrected chi connectivity index (χ3v) is 5.66. The summed E-state index contributed by atoms with van der Waals surface area (Å²) in [5.41, 5.74) is 1.78. The fourth-order valence-corrected chi connectivity index (χ4v) is 3.99. The fraction of sp³-hybridized carbons (Fsp3) is 0.316. The van der Waals surface area contributed by atoms with Crippen LogP contribution in [-0.2, 0) is 0 Å². The van der Waals surface area contributed by atoms with E-state index in [0.717, 1.165) is 15.4 Å². The van der Waals surface area contributed by atoms with Crippen LogP contribution in [-0.4, -0.2) is 46.0 Å². The van der Waals surface area contributed by atoms with E-state index in [2.05, 4.69) is 31.4 Å². The van der Waals surface area contributed by atoms with E-state index in [0.29, 0.717) is 37.4 Å². The summed E-state index contributed by atoms with van der Waals surface area (Å²) in [6, 6.07) is 9.43. The fourth-order valence-electron chi connectivity index (χ4n) is 3.37. The molecule has 1 fully saturated rings. The molecule has 1 aliphatic heterocycles. The molecule has 27 heavy (non-hydrogen) atoms. The minimum Gasteiger partial charge on any atom is -0.361 e. The van der Waals surface area contributed by atoms with Gasteiger partial charge in [0.25, 0.3) is 11.8 Å². The van der Waals surface area contributed by atoms with Gasteiger partial charge in [-0.2, -0.15) is 0 Å². The second-order valence-corrected chi connectivity index (χ2v) is 7.52. The molecule has 0 aliphatic carbocycles. The summed E-state index contributed by atoms with van der Waals surface area (Å²) < 4.78 is 5.73. The zero-order chi connectivity index (χ0) is 19.0. The lowest BCUT2D eigenvalue weighted by Crippen LogP contribution is -2.46. The molecule has 4 rings (SSSR count). The number of aryl methyl sites for hydroxylation is 1. The van der Waals surface area contributed by atoms with E-state index in [1.807, 2.05) is 29.2 Å². The first kappa shape index (κ1) is 17.8. The van der Waals surface area contributed by atoms with Crippen LogP contribution in [0.5, 0.6) is 0 Å². The Morgan fingerprint density at radius 2 is 2.04 bits per heavy atom. The van der Waals surface area contributed by atoms with Gasteiger partial charge in [-0.1, -0.05) is 23.4 Å². The number of rotatable bonds is 3. The van der Waals surface area contributed by atoms with E-state index in [-0.39, 0.29) is 23.6 Å². The Balaban J connectivity index is 1.39. The largest absolute Gasteiger partial charge is 0.361 e. The number of likely N-dealkylation sites (tertiary alicyclic amines) is 1. The summed E-state index contributed by atoms with van der Waals surface area (Å²) in [6.07, 6.45) is 1.40. The van der Waals surface area contributed by atoms with Gasteiger partial charge < -0.3 is 19.7 Å². The first-order chi connectivity index (χ1) is 13.0. The highest BCUT2D eigenvalue weighted by Crippen LogP contribution is 2.29. The summed E-state index contributed by atoms with van der Waals surface area (Å²) >= 11 is 3.54. The number of halogens is 1. The summed E-state index contributed by atoms with van der Waals surface area (Å²) in [5.74, 6) is 0.328. The zero-order valence-corrected chi connectivity index (χ0v) is 16.4. The van der Waals surface area contributed by atoms with E-state index in [9.17, 15) is 9.59 Å². The van der Waals surface area contributed by atoms with Crippen LogP contribution in [0, 0.1) is 6.92 Å². The Morgan fingerprint density at radius 1 is 1.30 bits per heavy atom. The number of hydrogen-bond donors (Lipinski definition) is 2. The van der Waals surface area contributed by atoms with Crippen LogP contribution in [0.15, 0.2) is 39.3 Å². The third-order valence-electron chi connectivity index (χ3n) is 4.83. The second kappa shape index (κ2) is 7.19. The van der Waals surface area contributed by atoms with Crippen LogP contribution in [0.25, 0.3) is 10.9 Å². The molecule has 3 aromatic rings. The Morgan fingerprint density at radius 3 is 2.70 bits per heavy atom. The molecule has 0 saturated carbocycles. The molecule has 3 heterocycles. The molecule has 0 atom stereocenters. The van der Waals surface area contributed by atoms with Crippen LogP contribution in [0.3, 0.4) is 0 Å². The number of amides is 2. The highest BCUT2D eigenvalue weighted by Gasteiger charge is 2.27. The van der Waals surface area contributed by atoms with Crippen LogP contribution in [0.2, 0.25) is 0 Å². The molecular weight excluding hydrogens is 412 g/mol. The lowest BCUT2D eigenvalue weighted by molar-refractivity contribution is 0.0692. The second-order valence-electron chi connectivity index (χ2n) is 6.72. The van der Waals surface area contributed by atoms with Gasteiger partial charge >= 0.3 is 0 Å². The van der Waals surface area contributed by atoms with Crippen molar-refractivity contribution in [3.63, 3.8) is 0 Å². The van der Waals surface area contributed by atoms with Gasteiger partial charge in [-0.05, 0) is 41.8 Å². The van der Waals surface area contributed by atoms with Crippen molar-refractivity contribution in [2.75, 3.05) is 13.1 Å². The number of aromatic amines is 1. The Kier molecular flexibility index (Phi) is 4.73. The number of carbonyl (C=O) groups is 2. The molecule has 0 radical (unpaired) electrons. The van der Waals surface area contributed by atoms with Crippen LogP contribution in [0.1, 0.15) is 39.6 Å². The number of aromatic nitrogens is 2. The molecule has 8 heteroatoms. The van der Waals surface area contributed by atoms with Gasteiger partial charge in [-0.3, -0.25) is 9.59 Å². The number of carbonyl (C=O) groups excluding carboxylic acids is 2. The predicted molar refractivity (Wildman–Crippen MR) is 104 cm³/mol. The van der Waals surface area contributed by atoms with E-state index in [1.165, 1.54) is 0 Å². The maximum atomic E-state index is 12.9. The first-order valence-electron chi connectivity index (χ1n) is 8.82. The minimum atomic E-state index is -0.241. The molecule has 0 spiro atoms. The molecule has 0 bridgehead atoms. The molecule has 1 aromatic carbocycles. The SMILES string of the molecule is Cc1cc(C(=O)NC2CCN(C(=O)c3[nH]c4ccccc4c3Br)CC2)no1. The van der Waals surface area contributed by atoms with Crippen molar-refractivity contribution in [2.45, 2.75) is 25.8 Å². The molecule has 2 aromatic heterocycles. The average Bonchev–Trinajstić information content (AvgIpc) is 3.26. The van der Waals surface area contributed by atoms with Crippen molar-refractivity contribution in [3.05, 3.63) is 52.0 Å². The number of hydrogen-bond acceptors (Lipinski definition) is 4. The van der Waals surface area contributed by atoms with E-state index < -0.39 is 0 Å². The first-order valence-corrected chi connectivity index (χ1v) is 9.62. The molecule has 2 N–H and O–H groups in total. The van der Waals surface area contributed by atoms with Gasteiger partial charge in [0, 0.05) is 36.1 Å². The number of para-hydroxylation sites is 1. The van der Waals surface area contributed by atoms with Gasteiger partial charge in [0.05, 0.1) is 4.47 Å². The van der Waals surface area contributed by atoms with Gasteiger partial charge in [0.2, 0.25) is 0 Å². The average molecular weight is 431 g/mol. The number of nitrogens with one attached hydrogen (secondary N) is 2. The van der Waals surface area contributed by atoms with Crippen molar-refractivity contribution >= 4 is 38.6 Å². The molecule has 0 unspecified atom stereocenters. The van der Waals surface area contributed by atoms with Crippen molar-refractivity contribution in [2.24, 2.45) is 0 Å². The van der Waals surface area contributed by atoms with Crippen molar-refractivity contribution < 1.29 is 14.1 Å². The minimum absolute atomic E-state index is 0.0183. The lowest BCUT2D eigenvalue weighted by Gasteiger charge is -2.32. The Hall–Kier alpha value is -2.61. The van der Waals surface area contributed by atoms with E-state index >= 15 is 0 Å². The number of piperidine rings is 1. The molecule has 7 nitrogen and oxygen atoms in total. The Labute approximate surface area is 164 Å². The van der Waals surface area contributed by atoms with Crippen LogP contribution < -0.4 is 5.32 Å². The number of nitrogens with zero attached hydrogens (tertiary/aromatic N) is 2. The van der Waals surface area contributed by atoms with E-state index in [1.54, 1.807) is 13.0 Å². The van der Waals surface area contributed by atoms with Gasteiger partial charge in [0.15, 0.2) is 5.69 Å². The summed E-state index contributed by atoms with van der Waals surface area (Å²) in [5, 5.41) is 7.69. The maximum absolute atomic E-state index is 12.9. The maximum Gasteiger partial charge on any atom is 0.273 e. The summed E-state index contributed by atoms with van der Waals surface area (Å²) in [6.45, 7) is 2.92. The van der Waals surface area contributed by atoms with Gasteiger partial charge in [-0.25, -0.2) is 0 Å². The van der Waals surface area contributed by atoms with Crippen molar-refractivity contribution in [3.8, 4) is 0 Å². The quantitative estimate of drug-likeness (QED) is 0.666. The monoisotopic (exact) mass is 430 g/mol. The van der Waals surface area contributed by atoms with Crippen LogP contribution in [0.4, 0.5) is 0 Å². The Bertz CT molecular complexity index is 1000. The third kappa shape index (κ3) is 3.49. The highest BCUT2D eigenvalue weighted by molar-refractivity contribution is 9.10.